The molecule has 1 saturated heterocycles. The summed E-state index contributed by atoms with van der Waals surface area (Å²) in [6.45, 7) is 0. The Morgan fingerprint density at radius 3 is 2.42 bits per heavy atom. The number of nitrogens with zero attached hydrogens (tertiary/aromatic N) is 1. The van der Waals surface area contributed by atoms with Gasteiger partial charge in [-0.2, -0.15) is 5.26 Å². The number of aliphatic carboxylic acids is 1. The van der Waals surface area contributed by atoms with Crippen LogP contribution in [0.4, 0.5) is 5.69 Å². The first kappa shape index (κ1) is 13.1. The standard InChI is InChI=1S/C13H12N2O4/c14-7-8-1-3-9(4-2-8)15-12(16)10-5-6-11(19-10)13(17)18/h1-4,10-11H,5-6H2,(H,15,16)(H,17,18)/t10-,11+/m0/s1. The van der Waals surface area contributed by atoms with Crippen LogP contribution in [0.3, 0.4) is 0 Å². The highest BCUT2D eigenvalue weighted by molar-refractivity contribution is 5.94. The van der Waals surface area contributed by atoms with Crippen LogP contribution in [0.1, 0.15) is 18.4 Å². The number of carbonyl (C=O) groups is 2. The van der Waals surface area contributed by atoms with Gasteiger partial charge in [-0.1, -0.05) is 0 Å². The van der Waals surface area contributed by atoms with Crippen molar-refractivity contribution in [2.24, 2.45) is 0 Å². The van der Waals surface area contributed by atoms with Crippen molar-refractivity contribution < 1.29 is 19.4 Å². The summed E-state index contributed by atoms with van der Waals surface area (Å²) in [6.07, 6.45) is -0.923. The molecule has 1 aromatic rings. The average Bonchev–Trinajstić information content (AvgIpc) is 2.89. The molecule has 1 amide bonds. The third-order valence-corrected chi connectivity index (χ3v) is 2.87. The van der Waals surface area contributed by atoms with Crippen molar-refractivity contribution in [1.82, 2.24) is 0 Å². The van der Waals surface area contributed by atoms with Gasteiger partial charge in [-0.25, -0.2) is 4.79 Å². The summed E-state index contributed by atoms with van der Waals surface area (Å²) in [5, 5.41) is 20.1. The van der Waals surface area contributed by atoms with Crippen LogP contribution >= 0.6 is 0 Å². The number of nitriles is 1. The van der Waals surface area contributed by atoms with Crippen LogP contribution in [0.25, 0.3) is 0 Å². The molecule has 0 aromatic heterocycles. The fourth-order valence-electron chi connectivity index (χ4n) is 1.86. The van der Waals surface area contributed by atoms with Gasteiger partial charge in [-0.05, 0) is 37.1 Å². The highest BCUT2D eigenvalue weighted by Gasteiger charge is 2.34. The van der Waals surface area contributed by atoms with E-state index in [1.807, 2.05) is 6.07 Å². The predicted octanol–water partition coefficient (Wildman–Crippen LogP) is 1.13. The van der Waals surface area contributed by atoms with Gasteiger partial charge in [0.2, 0.25) is 0 Å². The second kappa shape index (κ2) is 5.50. The Hall–Kier alpha value is -2.39. The van der Waals surface area contributed by atoms with Crippen molar-refractivity contribution in [2.45, 2.75) is 25.0 Å². The molecule has 0 spiro atoms. The minimum Gasteiger partial charge on any atom is -0.479 e. The van der Waals surface area contributed by atoms with E-state index in [1.54, 1.807) is 24.3 Å². The maximum Gasteiger partial charge on any atom is 0.332 e. The van der Waals surface area contributed by atoms with E-state index in [-0.39, 0.29) is 5.91 Å². The van der Waals surface area contributed by atoms with Crippen LogP contribution in [0.15, 0.2) is 24.3 Å². The number of carboxylic acid groups (broad SMARTS) is 1. The van der Waals surface area contributed by atoms with E-state index < -0.39 is 18.2 Å². The Morgan fingerprint density at radius 2 is 1.89 bits per heavy atom. The Labute approximate surface area is 109 Å². The molecule has 0 bridgehead atoms. The molecule has 6 nitrogen and oxygen atoms in total. The van der Waals surface area contributed by atoms with Crippen LogP contribution in [-0.4, -0.2) is 29.2 Å². The zero-order valence-corrected chi connectivity index (χ0v) is 10.00. The number of rotatable bonds is 3. The van der Waals surface area contributed by atoms with E-state index in [9.17, 15) is 9.59 Å². The summed E-state index contributed by atoms with van der Waals surface area (Å²) >= 11 is 0. The number of ether oxygens (including phenoxy) is 1. The lowest BCUT2D eigenvalue weighted by atomic mass is 10.2. The number of hydrogen-bond acceptors (Lipinski definition) is 4. The number of hydrogen-bond donors (Lipinski definition) is 2. The van der Waals surface area contributed by atoms with Crippen LogP contribution < -0.4 is 5.32 Å². The molecule has 0 unspecified atom stereocenters. The molecule has 98 valence electrons. The molecule has 0 aliphatic carbocycles. The number of nitrogens with one attached hydrogen (secondary N) is 1. The Morgan fingerprint density at radius 1 is 1.26 bits per heavy atom. The SMILES string of the molecule is N#Cc1ccc(NC(=O)[C@@H]2CC[C@H](C(=O)O)O2)cc1. The number of carbonyl (C=O) groups excluding carboxylic acids is 1. The van der Waals surface area contributed by atoms with Crippen LogP contribution in [-0.2, 0) is 14.3 Å². The fourth-order valence-corrected chi connectivity index (χ4v) is 1.86. The van der Waals surface area contributed by atoms with E-state index in [1.165, 1.54) is 0 Å². The fraction of sp³-hybridized carbons (Fsp3) is 0.308. The largest absolute Gasteiger partial charge is 0.479 e. The number of carboxylic acids is 1. The predicted molar refractivity (Wildman–Crippen MR) is 65.3 cm³/mol. The molecule has 1 aromatic carbocycles. The second-order valence-corrected chi connectivity index (χ2v) is 4.21. The van der Waals surface area contributed by atoms with E-state index >= 15 is 0 Å². The highest BCUT2D eigenvalue weighted by atomic mass is 16.5. The molecule has 2 rings (SSSR count). The Kier molecular flexibility index (Phi) is 3.78. The molecule has 19 heavy (non-hydrogen) atoms. The minimum atomic E-state index is -1.05. The normalized spacial score (nSPS) is 21.6. The van der Waals surface area contributed by atoms with Crippen LogP contribution in [0, 0.1) is 11.3 Å². The first-order valence-electron chi connectivity index (χ1n) is 5.79. The highest BCUT2D eigenvalue weighted by Crippen LogP contribution is 2.21. The van der Waals surface area contributed by atoms with Crippen molar-refractivity contribution in [3.63, 3.8) is 0 Å². The number of anilines is 1. The van der Waals surface area contributed by atoms with Gasteiger partial charge >= 0.3 is 5.97 Å². The van der Waals surface area contributed by atoms with Gasteiger partial charge in [0.15, 0.2) is 6.10 Å². The van der Waals surface area contributed by atoms with Crippen molar-refractivity contribution >= 4 is 17.6 Å². The minimum absolute atomic E-state index is 0.334. The van der Waals surface area contributed by atoms with Gasteiger partial charge in [-0.3, -0.25) is 4.79 Å². The van der Waals surface area contributed by atoms with Crippen LogP contribution in [0.5, 0.6) is 0 Å². The zero-order valence-electron chi connectivity index (χ0n) is 10.00. The van der Waals surface area contributed by atoms with Gasteiger partial charge in [0.1, 0.15) is 6.10 Å². The molecule has 1 aliphatic heterocycles. The molecule has 1 heterocycles. The van der Waals surface area contributed by atoms with Crippen molar-refractivity contribution in [3.8, 4) is 6.07 Å². The van der Waals surface area contributed by atoms with Crippen molar-refractivity contribution in [1.29, 1.82) is 5.26 Å². The van der Waals surface area contributed by atoms with Gasteiger partial charge in [-0.15, -0.1) is 0 Å². The van der Waals surface area contributed by atoms with Gasteiger partial charge in [0.25, 0.3) is 5.91 Å². The van der Waals surface area contributed by atoms with E-state index in [4.69, 9.17) is 15.1 Å². The second-order valence-electron chi connectivity index (χ2n) is 4.21. The molecule has 1 aliphatic rings. The monoisotopic (exact) mass is 260 g/mol. The zero-order chi connectivity index (χ0) is 13.8. The topological polar surface area (TPSA) is 99.4 Å². The lowest BCUT2D eigenvalue weighted by Gasteiger charge is -2.11. The van der Waals surface area contributed by atoms with E-state index in [0.717, 1.165) is 0 Å². The maximum atomic E-state index is 11.8. The molecular formula is C13H12N2O4. The van der Waals surface area contributed by atoms with Crippen LogP contribution in [0.2, 0.25) is 0 Å². The molecule has 6 heteroatoms. The van der Waals surface area contributed by atoms with E-state index in [2.05, 4.69) is 5.32 Å². The van der Waals surface area contributed by atoms with Crippen molar-refractivity contribution in [2.75, 3.05) is 5.32 Å². The lowest BCUT2D eigenvalue weighted by molar-refractivity contribution is -0.150. The summed E-state index contributed by atoms with van der Waals surface area (Å²) < 4.78 is 5.14. The molecule has 0 saturated carbocycles. The molecule has 2 N–H and O–H groups in total. The molecule has 2 atom stereocenters. The first-order chi connectivity index (χ1) is 9.10. The maximum absolute atomic E-state index is 11.8. The third-order valence-electron chi connectivity index (χ3n) is 2.87. The molecule has 1 fully saturated rings. The summed E-state index contributed by atoms with van der Waals surface area (Å²) in [4.78, 5) is 22.6. The number of benzene rings is 1. The lowest BCUT2D eigenvalue weighted by Crippen LogP contribution is -2.29. The summed E-state index contributed by atoms with van der Waals surface area (Å²) in [5.74, 6) is -1.41. The van der Waals surface area contributed by atoms with Crippen molar-refractivity contribution in [3.05, 3.63) is 29.8 Å². The number of amides is 1. The smallest absolute Gasteiger partial charge is 0.332 e. The van der Waals surface area contributed by atoms with E-state index in [0.29, 0.717) is 24.1 Å². The summed E-state index contributed by atoms with van der Waals surface area (Å²) in [7, 11) is 0. The quantitative estimate of drug-likeness (QED) is 0.848. The Bertz CT molecular complexity index is 533. The molecule has 0 radical (unpaired) electrons. The Balaban J connectivity index is 1.94. The van der Waals surface area contributed by atoms with Gasteiger partial charge in [0.05, 0.1) is 11.6 Å². The van der Waals surface area contributed by atoms with Gasteiger partial charge in [0, 0.05) is 5.69 Å². The first-order valence-corrected chi connectivity index (χ1v) is 5.79. The van der Waals surface area contributed by atoms with Gasteiger partial charge < -0.3 is 15.2 Å². The average molecular weight is 260 g/mol. The summed E-state index contributed by atoms with van der Waals surface area (Å²) in [6, 6.07) is 8.38. The third kappa shape index (κ3) is 3.09. The molecular weight excluding hydrogens is 248 g/mol. The summed E-state index contributed by atoms with van der Waals surface area (Å²) in [5.41, 5.74) is 1.05.